The van der Waals surface area contributed by atoms with Gasteiger partial charge in [-0.3, -0.25) is 14.2 Å². The van der Waals surface area contributed by atoms with Crippen LogP contribution in [0.25, 0.3) is 11.0 Å². The molecule has 3 aromatic rings. The minimum atomic E-state index is -0.131. The average Bonchev–Trinajstić information content (AvgIpc) is 3.41. The summed E-state index contributed by atoms with van der Waals surface area (Å²) >= 11 is 0. The summed E-state index contributed by atoms with van der Waals surface area (Å²) in [4.78, 5) is 44.3. The SMILES string of the molecule is CC(C)N(CCC(=O)N1CCC(n2c(=O)[nH]c3ccccc32)CC1)C(=O)c1ccoc1. The monoisotopic (exact) mass is 424 g/mol. The van der Waals surface area contributed by atoms with Crippen molar-refractivity contribution in [1.82, 2.24) is 19.4 Å². The predicted molar refractivity (Wildman–Crippen MR) is 117 cm³/mol. The number of hydrogen-bond donors (Lipinski definition) is 1. The molecular weight excluding hydrogens is 396 g/mol. The van der Waals surface area contributed by atoms with Crippen LogP contribution in [-0.2, 0) is 4.79 Å². The van der Waals surface area contributed by atoms with Gasteiger partial charge in [-0.25, -0.2) is 4.79 Å². The van der Waals surface area contributed by atoms with Crippen LogP contribution >= 0.6 is 0 Å². The Balaban J connectivity index is 1.35. The summed E-state index contributed by atoms with van der Waals surface area (Å²) in [5.74, 6) is -0.0932. The molecule has 1 aromatic carbocycles. The molecule has 164 valence electrons. The highest BCUT2D eigenvalue weighted by molar-refractivity contribution is 5.94. The van der Waals surface area contributed by atoms with Gasteiger partial charge in [-0.2, -0.15) is 0 Å². The van der Waals surface area contributed by atoms with E-state index in [0.29, 0.717) is 25.2 Å². The second kappa shape index (κ2) is 8.83. The van der Waals surface area contributed by atoms with Crippen LogP contribution in [0.4, 0.5) is 0 Å². The number of aromatic nitrogens is 2. The Morgan fingerprint density at radius 1 is 1.19 bits per heavy atom. The number of hydrogen-bond acceptors (Lipinski definition) is 4. The smallest absolute Gasteiger partial charge is 0.326 e. The Morgan fingerprint density at radius 3 is 2.61 bits per heavy atom. The first-order valence-electron chi connectivity index (χ1n) is 10.8. The number of nitrogens with one attached hydrogen (secondary N) is 1. The molecule has 0 atom stereocenters. The van der Waals surface area contributed by atoms with E-state index in [1.165, 1.54) is 12.5 Å². The van der Waals surface area contributed by atoms with Crippen molar-refractivity contribution in [3.8, 4) is 0 Å². The fourth-order valence-electron chi connectivity index (χ4n) is 4.33. The topological polar surface area (TPSA) is 91.5 Å². The van der Waals surface area contributed by atoms with Crippen LogP contribution < -0.4 is 5.69 Å². The van der Waals surface area contributed by atoms with E-state index in [-0.39, 0.29) is 36.0 Å². The summed E-state index contributed by atoms with van der Waals surface area (Å²) in [7, 11) is 0. The fraction of sp³-hybridized carbons (Fsp3) is 0.435. The third kappa shape index (κ3) is 4.28. The maximum atomic E-state index is 12.8. The van der Waals surface area contributed by atoms with Gasteiger partial charge in [0.05, 0.1) is 22.9 Å². The predicted octanol–water partition coefficient (Wildman–Crippen LogP) is 3.03. The molecule has 1 fully saturated rings. The minimum absolute atomic E-state index is 0.0188. The first-order valence-corrected chi connectivity index (χ1v) is 10.8. The molecule has 0 saturated carbocycles. The number of furan rings is 1. The first kappa shape index (κ1) is 21.0. The van der Waals surface area contributed by atoms with E-state index < -0.39 is 0 Å². The standard InChI is InChI=1S/C23H28N4O4/c1-16(2)26(22(29)17-10-14-31-15-17)13-9-21(28)25-11-7-18(8-12-25)27-20-6-4-3-5-19(20)24-23(27)30/h3-6,10,14-16,18H,7-9,11-13H2,1-2H3,(H,24,30). The normalized spacial score (nSPS) is 15.0. The molecule has 31 heavy (non-hydrogen) atoms. The van der Waals surface area contributed by atoms with Crippen LogP contribution in [-0.4, -0.2) is 56.8 Å². The highest BCUT2D eigenvalue weighted by Crippen LogP contribution is 2.25. The maximum absolute atomic E-state index is 12.8. The van der Waals surface area contributed by atoms with Crippen LogP contribution in [0.15, 0.2) is 52.1 Å². The lowest BCUT2D eigenvalue weighted by Gasteiger charge is -2.33. The van der Waals surface area contributed by atoms with Gasteiger partial charge in [0.15, 0.2) is 0 Å². The molecule has 8 nitrogen and oxygen atoms in total. The largest absolute Gasteiger partial charge is 0.472 e. The molecule has 3 heterocycles. The summed E-state index contributed by atoms with van der Waals surface area (Å²) in [5, 5.41) is 0. The number of amides is 2. The molecule has 0 unspecified atom stereocenters. The Morgan fingerprint density at radius 2 is 1.94 bits per heavy atom. The van der Waals surface area contributed by atoms with E-state index in [2.05, 4.69) is 4.98 Å². The van der Waals surface area contributed by atoms with Gasteiger partial charge in [-0.1, -0.05) is 12.1 Å². The van der Waals surface area contributed by atoms with Crippen LogP contribution in [0.3, 0.4) is 0 Å². The number of H-pyrrole nitrogens is 1. The Kier molecular flexibility index (Phi) is 5.97. The number of benzene rings is 1. The summed E-state index contributed by atoms with van der Waals surface area (Å²) in [6.45, 7) is 5.45. The van der Waals surface area contributed by atoms with Gasteiger partial charge < -0.3 is 19.2 Å². The first-order chi connectivity index (χ1) is 15.0. The minimum Gasteiger partial charge on any atom is -0.472 e. The molecule has 4 rings (SSSR count). The average molecular weight is 425 g/mol. The number of piperidine rings is 1. The second-order valence-electron chi connectivity index (χ2n) is 8.28. The number of para-hydroxylation sites is 2. The fourth-order valence-corrected chi connectivity index (χ4v) is 4.33. The lowest BCUT2D eigenvalue weighted by Crippen LogP contribution is -2.43. The number of aromatic amines is 1. The lowest BCUT2D eigenvalue weighted by molar-refractivity contribution is -0.132. The highest BCUT2D eigenvalue weighted by atomic mass is 16.3. The quantitative estimate of drug-likeness (QED) is 0.658. The van der Waals surface area contributed by atoms with Crippen molar-refractivity contribution >= 4 is 22.8 Å². The van der Waals surface area contributed by atoms with Gasteiger partial charge in [-0.05, 0) is 44.9 Å². The summed E-state index contributed by atoms with van der Waals surface area (Å²) in [6, 6.07) is 9.37. The number of carbonyl (C=O) groups excluding carboxylic acids is 2. The van der Waals surface area contributed by atoms with Crippen LogP contribution in [0.5, 0.6) is 0 Å². The van der Waals surface area contributed by atoms with Crippen LogP contribution in [0.2, 0.25) is 0 Å². The van der Waals surface area contributed by atoms with Crippen molar-refractivity contribution in [2.24, 2.45) is 0 Å². The van der Waals surface area contributed by atoms with E-state index >= 15 is 0 Å². The zero-order chi connectivity index (χ0) is 22.0. The Labute approximate surface area is 180 Å². The van der Waals surface area contributed by atoms with Crippen molar-refractivity contribution in [2.45, 2.75) is 45.2 Å². The van der Waals surface area contributed by atoms with Crippen molar-refractivity contribution in [3.63, 3.8) is 0 Å². The molecule has 0 spiro atoms. The molecule has 1 saturated heterocycles. The third-order valence-corrected chi connectivity index (χ3v) is 6.03. The molecular formula is C23H28N4O4. The molecule has 0 bridgehead atoms. The molecule has 0 aliphatic carbocycles. The third-order valence-electron chi connectivity index (χ3n) is 6.03. The zero-order valence-corrected chi connectivity index (χ0v) is 17.9. The van der Waals surface area contributed by atoms with Crippen LogP contribution in [0.1, 0.15) is 49.5 Å². The maximum Gasteiger partial charge on any atom is 0.326 e. The Bertz CT molecular complexity index is 1100. The van der Waals surface area contributed by atoms with Crippen molar-refractivity contribution in [3.05, 3.63) is 58.9 Å². The van der Waals surface area contributed by atoms with E-state index in [4.69, 9.17) is 4.42 Å². The van der Waals surface area contributed by atoms with E-state index in [0.717, 1.165) is 23.9 Å². The van der Waals surface area contributed by atoms with Crippen molar-refractivity contribution in [2.75, 3.05) is 19.6 Å². The lowest BCUT2D eigenvalue weighted by atomic mass is 10.0. The van der Waals surface area contributed by atoms with Gasteiger partial charge in [-0.15, -0.1) is 0 Å². The Hall–Kier alpha value is -3.29. The summed E-state index contributed by atoms with van der Waals surface area (Å²) < 4.78 is 6.83. The highest BCUT2D eigenvalue weighted by Gasteiger charge is 2.27. The van der Waals surface area contributed by atoms with Gasteiger partial charge in [0.2, 0.25) is 5.91 Å². The summed E-state index contributed by atoms with van der Waals surface area (Å²) in [6.07, 6.45) is 4.64. The van der Waals surface area contributed by atoms with Gasteiger partial charge in [0, 0.05) is 38.1 Å². The van der Waals surface area contributed by atoms with E-state index in [1.807, 2.05) is 47.6 Å². The molecule has 2 amide bonds. The number of carbonyl (C=O) groups is 2. The number of fused-ring (bicyclic) bond motifs is 1. The number of likely N-dealkylation sites (tertiary alicyclic amines) is 1. The zero-order valence-electron chi connectivity index (χ0n) is 17.9. The van der Waals surface area contributed by atoms with Gasteiger partial charge >= 0.3 is 5.69 Å². The van der Waals surface area contributed by atoms with Crippen molar-refractivity contribution < 1.29 is 14.0 Å². The van der Waals surface area contributed by atoms with Gasteiger partial charge in [0.1, 0.15) is 6.26 Å². The molecule has 1 aliphatic heterocycles. The van der Waals surface area contributed by atoms with Crippen LogP contribution in [0, 0.1) is 0 Å². The van der Waals surface area contributed by atoms with E-state index in [1.54, 1.807) is 11.0 Å². The van der Waals surface area contributed by atoms with Gasteiger partial charge in [0.25, 0.3) is 5.91 Å². The number of rotatable bonds is 6. The molecule has 2 aromatic heterocycles. The van der Waals surface area contributed by atoms with E-state index in [9.17, 15) is 14.4 Å². The second-order valence-corrected chi connectivity index (χ2v) is 8.28. The molecule has 1 N–H and O–H groups in total. The molecule has 1 aliphatic rings. The number of imidazole rings is 1. The molecule has 0 radical (unpaired) electrons. The summed E-state index contributed by atoms with van der Waals surface area (Å²) in [5.41, 5.74) is 2.13. The molecule has 8 heteroatoms. The van der Waals surface area contributed by atoms with Crippen molar-refractivity contribution in [1.29, 1.82) is 0 Å². The number of nitrogens with zero attached hydrogens (tertiary/aromatic N) is 3.